The molecule has 0 unspecified atom stereocenters. The fourth-order valence-electron chi connectivity index (χ4n) is 2.13. The molecule has 2 rings (SSSR count). The van der Waals surface area contributed by atoms with Crippen molar-refractivity contribution < 1.29 is 19.1 Å². The fourth-order valence-corrected chi connectivity index (χ4v) is 2.13. The molecule has 1 amide bonds. The summed E-state index contributed by atoms with van der Waals surface area (Å²) in [5.74, 6) is 0.535. The molecule has 24 heavy (non-hydrogen) atoms. The lowest BCUT2D eigenvalue weighted by molar-refractivity contribution is 0.0948. The number of methoxy groups -OCH3 is 1. The number of amides is 1. The molecule has 0 aliphatic rings. The van der Waals surface area contributed by atoms with Crippen molar-refractivity contribution in [2.75, 3.05) is 20.3 Å². The number of benzene rings is 2. The topological polar surface area (TPSA) is 64.6 Å². The molecule has 0 saturated heterocycles. The van der Waals surface area contributed by atoms with E-state index in [0.29, 0.717) is 30.9 Å². The first kappa shape index (κ1) is 17.7. The summed E-state index contributed by atoms with van der Waals surface area (Å²) >= 11 is 0. The van der Waals surface area contributed by atoms with E-state index in [1.807, 2.05) is 24.3 Å². The lowest BCUT2D eigenvalue weighted by Crippen LogP contribution is -2.22. The number of hydrogen-bond acceptors (Lipinski definition) is 4. The monoisotopic (exact) mass is 327 g/mol. The van der Waals surface area contributed by atoms with Crippen molar-refractivity contribution in [1.29, 1.82) is 0 Å². The molecule has 0 aliphatic carbocycles. The van der Waals surface area contributed by atoms with Crippen LogP contribution in [0.25, 0.3) is 0 Å². The third kappa shape index (κ3) is 5.21. The highest BCUT2D eigenvalue weighted by Gasteiger charge is 2.07. The van der Waals surface area contributed by atoms with Crippen LogP contribution in [0.1, 0.15) is 33.2 Å². The Morgan fingerprint density at radius 2 is 1.71 bits per heavy atom. The molecule has 0 atom stereocenters. The first-order chi connectivity index (χ1) is 11.6. The highest BCUT2D eigenvalue weighted by atomic mass is 16.5. The number of carbonyl (C=O) groups excluding carboxylic acids is 2. The van der Waals surface area contributed by atoms with Crippen LogP contribution in [0.4, 0.5) is 0 Å². The number of rotatable bonds is 8. The Labute approximate surface area is 141 Å². The molecule has 0 spiro atoms. The molecule has 2 aromatic carbocycles. The van der Waals surface area contributed by atoms with Crippen LogP contribution in [0, 0.1) is 0 Å². The Bertz CT molecular complexity index is 695. The second-order valence-corrected chi connectivity index (χ2v) is 5.30. The zero-order valence-electron chi connectivity index (χ0n) is 13.9. The molecule has 126 valence electrons. The average Bonchev–Trinajstić information content (AvgIpc) is 2.60. The van der Waals surface area contributed by atoms with Crippen LogP contribution in [0.15, 0.2) is 48.5 Å². The maximum absolute atomic E-state index is 12.2. The number of carbonyl (C=O) groups is 2. The first-order valence-corrected chi connectivity index (χ1v) is 7.70. The molecule has 1 N–H and O–H groups in total. The summed E-state index contributed by atoms with van der Waals surface area (Å²) in [5.41, 5.74) is 2.05. The van der Waals surface area contributed by atoms with Crippen LogP contribution in [-0.2, 0) is 11.3 Å². The molecule has 2 aromatic rings. The summed E-state index contributed by atoms with van der Waals surface area (Å²) in [6, 6.07) is 14.2. The van der Waals surface area contributed by atoms with Crippen molar-refractivity contribution >= 4 is 11.7 Å². The SMILES string of the molecule is COCCOc1cccc(CNC(=O)c2ccc(C(C)=O)cc2)c1. The normalized spacial score (nSPS) is 10.2. The smallest absolute Gasteiger partial charge is 0.251 e. The summed E-state index contributed by atoms with van der Waals surface area (Å²) in [6.45, 7) is 2.90. The van der Waals surface area contributed by atoms with Gasteiger partial charge in [0.05, 0.1) is 6.61 Å². The van der Waals surface area contributed by atoms with Gasteiger partial charge in [-0.2, -0.15) is 0 Å². The fraction of sp³-hybridized carbons (Fsp3) is 0.263. The molecule has 0 bridgehead atoms. The summed E-state index contributed by atoms with van der Waals surface area (Å²) in [5, 5.41) is 2.85. The summed E-state index contributed by atoms with van der Waals surface area (Å²) in [7, 11) is 1.62. The van der Waals surface area contributed by atoms with Gasteiger partial charge in [-0.3, -0.25) is 9.59 Å². The van der Waals surface area contributed by atoms with E-state index < -0.39 is 0 Å². The van der Waals surface area contributed by atoms with E-state index in [1.165, 1.54) is 6.92 Å². The molecular formula is C19H21NO4. The molecule has 0 aliphatic heterocycles. The van der Waals surface area contributed by atoms with Crippen LogP contribution in [0.2, 0.25) is 0 Å². The zero-order valence-corrected chi connectivity index (χ0v) is 13.9. The first-order valence-electron chi connectivity index (χ1n) is 7.70. The van der Waals surface area contributed by atoms with Gasteiger partial charge in [0, 0.05) is 24.8 Å². The molecule has 0 radical (unpaired) electrons. The van der Waals surface area contributed by atoms with Gasteiger partial charge in [0.2, 0.25) is 0 Å². The lowest BCUT2D eigenvalue weighted by Gasteiger charge is -2.09. The van der Waals surface area contributed by atoms with Gasteiger partial charge in [0.1, 0.15) is 12.4 Å². The number of ketones is 1. The van der Waals surface area contributed by atoms with Gasteiger partial charge >= 0.3 is 0 Å². The van der Waals surface area contributed by atoms with Crippen molar-refractivity contribution in [3.8, 4) is 5.75 Å². The van der Waals surface area contributed by atoms with Gasteiger partial charge in [-0.25, -0.2) is 0 Å². The number of nitrogens with one attached hydrogen (secondary N) is 1. The highest BCUT2D eigenvalue weighted by molar-refractivity contribution is 5.97. The van der Waals surface area contributed by atoms with Gasteiger partial charge in [-0.15, -0.1) is 0 Å². The summed E-state index contributed by atoms with van der Waals surface area (Å²) in [4.78, 5) is 23.4. The van der Waals surface area contributed by atoms with Gasteiger partial charge in [-0.05, 0) is 36.8 Å². The maximum Gasteiger partial charge on any atom is 0.251 e. The minimum atomic E-state index is -0.184. The van der Waals surface area contributed by atoms with Crippen LogP contribution >= 0.6 is 0 Å². The number of Topliss-reactive ketones (excluding diaryl/α,β-unsaturated/α-hetero) is 1. The van der Waals surface area contributed by atoms with E-state index in [0.717, 1.165) is 11.3 Å². The number of hydrogen-bond donors (Lipinski definition) is 1. The zero-order chi connectivity index (χ0) is 17.4. The van der Waals surface area contributed by atoms with Crippen LogP contribution in [0.5, 0.6) is 5.75 Å². The van der Waals surface area contributed by atoms with Crippen molar-refractivity contribution in [3.63, 3.8) is 0 Å². The van der Waals surface area contributed by atoms with E-state index in [1.54, 1.807) is 31.4 Å². The second kappa shape index (κ2) is 8.84. The Hall–Kier alpha value is -2.66. The second-order valence-electron chi connectivity index (χ2n) is 5.30. The van der Waals surface area contributed by atoms with Crippen molar-refractivity contribution in [1.82, 2.24) is 5.32 Å². The largest absolute Gasteiger partial charge is 0.491 e. The molecule has 0 aromatic heterocycles. The van der Waals surface area contributed by atoms with Gasteiger partial charge < -0.3 is 14.8 Å². The lowest BCUT2D eigenvalue weighted by atomic mass is 10.1. The van der Waals surface area contributed by atoms with Gasteiger partial charge in [0.25, 0.3) is 5.91 Å². The minimum absolute atomic E-state index is 0.0211. The molecular weight excluding hydrogens is 306 g/mol. The Morgan fingerprint density at radius 3 is 2.38 bits per heavy atom. The summed E-state index contributed by atoms with van der Waals surface area (Å²) < 4.78 is 10.5. The number of ether oxygens (including phenoxy) is 2. The highest BCUT2D eigenvalue weighted by Crippen LogP contribution is 2.13. The predicted octanol–water partition coefficient (Wildman–Crippen LogP) is 2.84. The third-order valence-corrected chi connectivity index (χ3v) is 3.46. The van der Waals surface area contributed by atoms with Crippen LogP contribution in [0.3, 0.4) is 0 Å². The Kier molecular flexibility index (Phi) is 6.51. The van der Waals surface area contributed by atoms with Gasteiger partial charge in [0.15, 0.2) is 5.78 Å². The molecule has 5 heteroatoms. The Balaban J connectivity index is 1.91. The molecule has 0 saturated carbocycles. The summed E-state index contributed by atoms with van der Waals surface area (Å²) in [6.07, 6.45) is 0. The average molecular weight is 327 g/mol. The van der Waals surface area contributed by atoms with Crippen molar-refractivity contribution in [2.45, 2.75) is 13.5 Å². The van der Waals surface area contributed by atoms with E-state index >= 15 is 0 Å². The van der Waals surface area contributed by atoms with E-state index in [4.69, 9.17) is 9.47 Å². The van der Waals surface area contributed by atoms with Crippen LogP contribution < -0.4 is 10.1 Å². The molecule has 0 heterocycles. The van der Waals surface area contributed by atoms with Gasteiger partial charge in [-0.1, -0.05) is 24.3 Å². The predicted molar refractivity (Wildman–Crippen MR) is 91.4 cm³/mol. The van der Waals surface area contributed by atoms with Crippen LogP contribution in [-0.4, -0.2) is 32.0 Å². The maximum atomic E-state index is 12.2. The quantitative estimate of drug-likeness (QED) is 0.598. The van der Waals surface area contributed by atoms with Crippen molar-refractivity contribution in [2.24, 2.45) is 0 Å². The molecule has 5 nitrogen and oxygen atoms in total. The van der Waals surface area contributed by atoms with E-state index in [-0.39, 0.29) is 11.7 Å². The Morgan fingerprint density at radius 1 is 1.00 bits per heavy atom. The van der Waals surface area contributed by atoms with E-state index in [9.17, 15) is 9.59 Å². The van der Waals surface area contributed by atoms with Crippen molar-refractivity contribution in [3.05, 3.63) is 65.2 Å². The third-order valence-electron chi connectivity index (χ3n) is 3.46. The van der Waals surface area contributed by atoms with E-state index in [2.05, 4.69) is 5.32 Å². The minimum Gasteiger partial charge on any atom is -0.491 e. The standard InChI is InChI=1S/C19H21NO4/c1-14(21)16-6-8-17(9-7-16)19(22)20-13-15-4-3-5-18(12-15)24-11-10-23-2/h3-9,12H,10-11,13H2,1-2H3,(H,20,22). The molecule has 0 fully saturated rings.